The summed E-state index contributed by atoms with van der Waals surface area (Å²) >= 11 is 0. The minimum Gasteiger partial charge on any atom is -0.479 e. The fraction of sp³-hybridized carbons (Fsp3) is 0.389. The minimum absolute atomic E-state index is 0.0169. The highest BCUT2D eigenvalue weighted by atomic mass is 16.5. The lowest BCUT2D eigenvalue weighted by atomic mass is 10.1. The Kier molecular flexibility index (Phi) is 4.80. The molecule has 1 aliphatic rings. The molecule has 1 atom stereocenters. The number of benzene rings is 1. The van der Waals surface area contributed by atoms with Crippen LogP contribution in [0, 0.1) is 17.2 Å². The van der Waals surface area contributed by atoms with Crippen LogP contribution in [0.1, 0.15) is 31.4 Å². The molecule has 1 heterocycles. The molecular weight excluding hydrogens is 304 g/mol. The zero-order chi connectivity index (χ0) is 16.9. The number of nitrogens with zero attached hydrogens (tertiary/aromatic N) is 3. The highest BCUT2D eigenvalue weighted by Crippen LogP contribution is 2.40. The molecule has 6 nitrogen and oxygen atoms in total. The number of amides is 1. The Bertz CT molecular complexity index is 741. The van der Waals surface area contributed by atoms with Gasteiger partial charge in [-0.15, -0.1) is 0 Å². The summed E-state index contributed by atoms with van der Waals surface area (Å²) in [6, 6.07) is 11.2. The number of nitriles is 1. The Labute approximate surface area is 141 Å². The molecule has 6 heteroatoms. The summed E-state index contributed by atoms with van der Waals surface area (Å²) < 4.78 is 7.09. The predicted molar refractivity (Wildman–Crippen MR) is 89.5 cm³/mol. The maximum absolute atomic E-state index is 12.3. The van der Waals surface area contributed by atoms with Crippen LogP contribution in [-0.2, 0) is 11.2 Å². The van der Waals surface area contributed by atoms with E-state index in [0.717, 1.165) is 11.4 Å². The zero-order valence-electron chi connectivity index (χ0n) is 13.6. The molecule has 1 amide bonds. The normalized spacial score (nSPS) is 14.7. The van der Waals surface area contributed by atoms with Crippen molar-refractivity contribution in [1.82, 2.24) is 9.78 Å². The van der Waals surface area contributed by atoms with E-state index in [2.05, 4.69) is 17.3 Å². The van der Waals surface area contributed by atoms with Gasteiger partial charge < -0.3 is 10.1 Å². The smallest absolute Gasteiger partial charge is 0.229 e. The topological polar surface area (TPSA) is 79.9 Å². The van der Waals surface area contributed by atoms with Crippen molar-refractivity contribution in [3.05, 3.63) is 42.1 Å². The first-order valence-corrected chi connectivity index (χ1v) is 8.09. The van der Waals surface area contributed by atoms with Crippen molar-refractivity contribution in [2.75, 3.05) is 11.9 Å². The lowest BCUT2D eigenvalue weighted by Crippen LogP contribution is -2.19. The highest BCUT2D eigenvalue weighted by Gasteiger charge is 2.30. The van der Waals surface area contributed by atoms with Crippen LogP contribution in [0.2, 0.25) is 0 Å². The number of nitrogens with one attached hydrogen (secondary N) is 1. The van der Waals surface area contributed by atoms with Gasteiger partial charge in [0, 0.05) is 6.07 Å². The van der Waals surface area contributed by atoms with Gasteiger partial charge in [-0.05, 0) is 43.4 Å². The monoisotopic (exact) mass is 324 g/mol. The van der Waals surface area contributed by atoms with Gasteiger partial charge in [-0.25, -0.2) is 4.68 Å². The molecule has 1 aromatic carbocycles. The number of hydrogen-bond acceptors (Lipinski definition) is 4. The summed E-state index contributed by atoms with van der Waals surface area (Å²) in [5.41, 5.74) is 0.887. The molecule has 1 aliphatic carbocycles. The van der Waals surface area contributed by atoms with Crippen molar-refractivity contribution in [2.45, 2.75) is 32.2 Å². The van der Waals surface area contributed by atoms with E-state index in [0.29, 0.717) is 17.7 Å². The first-order valence-electron chi connectivity index (χ1n) is 8.09. The van der Waals surface area contributed by atoms with Gasteiger partial charge in [0.1, 0.15) is 17.6 Å². The largest absolute Gasteiger partial charge is 0.479 e. The van der Waals surface area contributed by atoms with Gasteiger partial charge in [-0.1, -0.05) is 12.1 Å². The van der Waals surface area contributed by atoms with Gasteiger partial charge in [0.25, 0.3) is 0 Å². The Balaban J connectivity index is 1.58. The average Bonchev–Trinajstić information content (AvgIpc) is 3.33. The third kappa shape index (κ3) is 3.93. The molecule has 124 valence electrons. The van der Waals surface area contributed by atoms with E-state index in [1.165, 1.54) is 12.8 Å². The molecular formula is C18H20N4O2. The van der Waals surface area contributed by atoms with Crippen LogP contribution in [0.5, 0.6) is 5.75 Å². The van der Waals surface area contributed by atoms with Gasteiger partial charge in [0.2, 0.25) is 5.91 Å². The Morgan fingerprint density at radius 3 is 2.83 bits per heavy atom. The second kappa shape index (κ2) is 7.18. The van der Waals surface area contributed by atoms with Crippen LogP contribution < -0.4 is 10.1 Å². The van der Waals surface area contributed by atoms with Crippen LogP contribution >= 0.6 is 0 Å². The third-order valence-corrected chi connectivity index (χ3v) is 4.22. The third-order valence-electron chi connectivity index (χ3n) is 4.22. The van der Waals surface area contributed by atoms with Gasteiger partial charge >= 0.3 is 0 Å². The van der Waals surface area contributed by atoms with Crippen molar-refractivity contribution in [2.24, 2.45) is 5.92 Å². The van der Waals surface area contributed by atoms with Crippen LogP contribution in [0.25, 0.3) is 0 Å². The Morgan fingerprint density at radius 2 is 2.17 bits per heavy atom. The molecule has 1 fully saturated rings. The van der Waals surface area contributed by atoms with E-state index >= 15 is 0 Å². The summed E-state index contributed by atoms with van der Waals surface area (Å²) in [6.07, 6.45) is 4.46. The molecule has 0 saturated heterocycles. The molecule has 1 N–H and O–H groups in total. The number of aromatic nitrogens is 2. The van der Waals surface area contributed by atoms with Crippen LogP contribution in [-0.4, -0.2) is 22.3 Å². The van der Waals surface area contributed by atoms with E-state index < -0.39 is 0 Å². The molecule has 24 heavy (non-hydrogen) atoms. The lowest BCUT2D eigenvalue weighted by Gasteiger charge is -2.15. The summed E-state index contributed by atoms with van der Waals surface area (Å²) in [5.74, 6) is 1.96. The second-order valence-corrected chi connectivity index (χ2v) is 6.05. The van der Waals surface area contributed by atoms with Crippen molar-refractivity contribution in [3.8, 4) is 11.8 Å². The molecule has 0 spiro atoms. The van der Waals surface area contributed by atoms with E-state index in [4.69, 9.17) is 10.00 Å². The SMILES string of the molecule is C[C@H](C1CC1)n1nccc1NC(=O)Cc1ccc(OCC#N)cc1. The van der Waals surface area contributed by atoms with Gasteiger partial charge in [0.05, 0.1) is 18.7 Å². The number of rotatable bonds is 7. The maximum atomic E-state index is 12.3. The van der Waals surface area contributed by atoms with E-state index in [1.54, 1.807) is 18.3 Å². The van der Waals surface area contributed by atoms with Gasteiger partial charge in [-0.3, -0.25) is 4.79 Å². The van der Waals surface area contributed by atoms with Crippen LogP contribution in [0.15, 0.2) is 36.5 Å². The van der Waals surface area contributed by atoms with Gasteiger partial charge in [0.15, 0.2) is 6.61 Å². The number of hydrogen-bond donors (Lipinski definition) is 1. The molecule has 0 unspecified atom stereocenters. The Morgan fingerprint density at radius 1 is 1.42 bits per heavy atom. The molecule has 1 saturated carbocycles. The van der Waals surface area contributed by atoms with Crippen LogP contribution in [0.3, 0.4) is 0 Å². The van der Waals surface area contributed by atoms with Crippen LogP contribution in [0.4, 0.5) is 5.82 Å². The number of anilines is 1. The summed E-state index contributed by atoms with van der Waals surface area (Å²) in [7, 11) is 0. The second-order valence-electron chi connectivity index (χ2n) is 6.05. The lowest BCUT2D eigenvalue weighted by molar-refractivity contribution is -0.115. The van der Waals surface area contributed by atoms with E-state index in [1.807, 2.05) is 29.0 Å². The maximum Gasteiger partial charge on any atom is 0.229 e. The fourth-order valence-electron chi connectivity index (χ4n) is 2.71. The standard InChI is InChI=1S/C18H20N4O2/c1-13(15-4-5-15)22-17(8-10-20-22)21-18(23)12-14-2-6-16(7-3-14)24-11-9-19/h2-3,6-8,10,13,15H,4-5,11-12H2,1H3,(H,21,23)/t13-/m1/s1. The average molecular weight is 324 g/mol. The Hall–Kier alpha value is -2.81. The summed E-state index contributed by atoms with van der Waals surface area (Å²) in [5, 5.41) is 15.8. The predicted octanol–water partition coefficient (Wildman–Crippen LogP) is 2.94. The number of ether oxygens (including phenoxy) is 1. The van der Waals surface area contributed by atoms with Crippen molar-refractivity contribution < 1.29 is 9.53 Å². The molecule has 2 aromatic rings. The molecule has 0 bridgehead atoms. The highest BCUT2D eigenvalue weighted by molar-refractivity contribution is 5.91. The summed E-state index contributed by atoms with van der Waals surface area (Å²) in [6.45, 7) is 2.16. The van der Waals surface area contributed by atoms with E-state index in [9.17, 15) is 4.79 Å². The fourth-order valence-corrected chi connectivity index (χ4v) is 2.71. The molecule has 1 aromatic heterocycles. The van der Waals surface area contributed by atoms with Gasteiger partial charge in [-0.2, -0.15) is 10.4 Å². The van der Waals surface area contributed by atoms with Crippen molar-refractivity contribution in [1.29, 1.82) is 5.26 Å². The first kappa shape index (κ1) is 16.1. The zero-order valence-corrected chi connectivity index (χ0v) is 13.6. The quantitative estimate of drug-likeness (QED) is 0.849. The minimum atomic E-state index is -0.0783. The van der Waals surface area contributed by atoms with E-state index in [-0.39, 0.29) is 18.9 Å². The van der Waals surface area contributed by atoms with Crippen molar-refractivity contribution in [3.63, 3.8) is 0 Å². The molecule has 0 aliphatic heterocycles. The number of carbonyl (C=O) groups excluding carboxylic acids is 1. The molecule has 3 rings (SSSR count). The molecule has 0 radical (unpaired) electrons. The van der Waals surface area contributed by atoms with Crippen molar-refractivity contribution >= 4 is 11.7 Å². The summed E-state index contributed by atoms with van der Waals surface area (Å²) in [4.78, 5) is 12.3. The number of carbonyl (C=O) groups is 1. The first-order chi connectivity index (χ1) is 11.7.